The molecule has 0 fully saturated rings. The van der Waals surface area contributed by atoms with Gasteiger partial charge in [-0.1, -0.05) is 56.1 Å². The van der Waals surface area contributed by atoms with Crippen molar-refractivity contribution in [2.75, 3.05) is 5.32 Å². The molecule has 158 valence electrons. The second kappa shape index (κ2) is 9.02. The van der Waals surface area contributed by atoms with Gasteiger partial charge in [-0.15, -0.1) is 0 Å². The second-order valence-electron chi connectivity index (χ2n) is 7.73. The molecule has 0 bridgehead atoms. The minimum atomic E-state index is -4.12. The van der Waals surface area contributed by atoms with Gasteiger partial charge < -0.3 is 10.4 Å². The Kier molecular flexibility index (Phi) is 7.35. The van der Waals surface area contributed by atoms with Crippen LogP contribution in [0.15, 0.2) is 47.4 Å². The fraction of sp³-hybridized carbons (Fsp3) is 0.350. The first-order valence-electron chi connectivity index (χ1n) is 8.88. The molecule has 0 spiro atoms. The Morgan fingerprint density at radius 2 is 1.62 bits per heavy atom. The van der Waals surface area contributed by atoms with Crippen molar-refractivity contribution >= 4 is 44.8 Å². The lowest BCUT2D eigenvalue weighted by Gasteiger charge is -2.22. The van der Waals surface area contributed by atoms with Crippen molar-refractivity contribution in [3.63, 3.8) is 0 Å². The summed E-state index contributed by atoms with van der Waals surface area (Å²) < 4.78 is 27.5. The Hall–Kier alpha value is -1.64. The van der Waals surface area contributed by atoms with E-state index in [2.05, 4.69) is 30.8 Å². The third-order valence-corrected chi connectivity index (χ3v) is 6.44. The van der Waals surface area contributed by atoms with Crippen molar-refractivity contribution < 1.29 is 18.3 Å². The number of rotatable bonds is 6. The van der Waals surface area contributed by atoms with Crippen LogP contribution in [0, 0.1) is 0 Å². The topological polar surface area (TPSA) is 95.5 Å². The van der Waals surface area contributed by atoms with Crippen LogP contribution in [-0.2, 0) is 20.2 Å². The van der Waals surface area contributed by atoms with E-state index in [4.69, 9.17) is 23.2 Å². The van der Waals surface area contributed by atoms with Crippen molar-refractivity contribution in [2.24, 2.45) is 0 Å². The quantitative estimate of drug-likeness (QED) is 0.610. The largest absolute Gasteiger partial charge is 0.391 e. The number of carbonyl (C=O) groups excluding carboxylic acids is 1. The molecular formula is C20H24Cl2N2O4S. The van der Waals surface area contributed by atoms with Gasteiger partial charge in [0.15, 0.2) is 0 Å². The molecule has 2 aromatic carbocycles. The summed E-state index contributed by atoms with van der Waals surface area (Å²) in [5.74, 6) is -0.688. The average molecular weight is 459 g/mol. The Balaban J connectivity index is 2.20. The number of aliphatic hydroxyl groups is 1. The fourth-order valence-corrected chi connectivity index (χ4v) is 4.18. The highest BCUT2D eigenvalue weighted by atomic mass is 35.5. The minimum absolute atomic E-state index is 0.0415. The molecule has 2 atom stereocenters. The minimum Gasteiger partial charge on any atom is -0.391 e. The molecule has 0 aliphatic heterocycles. The predicted molar refractivity (Wildman–Crippen MR) is 116 cm³/mol. The van der Waals surface area contributed by atoms with Gasteiger partial charge in [-0.3, -0.25) is 4.79 Å². The standard InChI is InChI=1S/C20H24Cl2N2O4S/c1-12(25)18(24-29(27,28)15-9-10-16(21)17(22)11-15)19(26)23-14-7-5-13(6-8-14)20(2,3)4/h5-12,18,24-25H,1-4H3,(H,23,26)/t12-,18+/m0/s1. The molecule has 0 radical (unpaired) electrons. The maximum absolute atomic E-state index is 12.6. The van der Waals surface area contributed by atoms with E-state index in [1.165, 1.54) is 25.1 Å². The number of hydrogen-bond acceptors (Lipinski definition) is 4. The Morgan fingerprint density at radius 3 is 2.10 bits per heavy atom. The molecule has 0 unspecified atom stereocenters. The Labute approximate surface area is 181 Å². The molecule has 0 saturated heterocycles. The molecular weight excluding hydrogens is 435 g/mol. The number of halogens is 2. The van der Waals surface area contributed by atoms with Gasteiger partial charge in [0.1, 0.15) is 6.04 Å². The van der Waals surface area contributed by atoms with E-state index in [0.29, 0.717) is 5.69 Å². The van der Waals surface area contributed by atoms with E-state index in [1.807, 2.05) is 12.1 Å². The summed E-state index contributed by atoms with van der Waals surface area (Å²) in [4.78, 5) is 12.5. The van der Waals surface area contributed by atoms with Crippen LogP contribution in [0.25, 0.3) is 0 Å². The van der Waals surface area contributed by atoms with Gasteiger partial charge in [0, 0.05) is 5.69 Å². The third kappa shape index (κ3) is 6.17. The molecule has 1 amide bonds. The number of carbonyl (C=O) groups is 1. The highest BCUT2D eigenvalue weighted by molar-refractivity contribution is 7.89. The van der Waals surface area contributed by atoms with Crippen LogP contribution in [0.4, 0.5) is 5.69 Å². The third-order valence-electron chi connectivity index (χ3n) is 4.27. The smallest absolute Gasteiger partial charge is 0.245 e. The van der Waals surface area contributed by atoms with Crippen LogP contribution in [0.1, 0.15) is 33.3 Å². The summed E-state index contributed by atoms with van der Waals surface area (Å²) in [6, 6.07) is 9.59. The second-order valence-corrected chi connectivity index (χ2v) is 10.3. The lowest BCUT2D eigenvalue weighted by atomic mass is 9.87. The van der Waals surface area contributed by atoms with Crippen LogP contribution < -0.4 is 10.0 Å². The number of sulfonamides is 1. The summed E-state index contributed by atoms with van der Waals surface area (Å²) in [5.41, 5.74) is 1.53. The van der Waals surface area contributed by atoms with Gasteiger partial charge in [0.25, 0.3) is 0 Å². The van der Waals surface area contributed by atoms with E-state index < -0.39 is 28.1 Å². The van der Waals surface area contributed by atoms with Crippen molar-refractivity contribution in [3.05, 3.63) is 58.1 Å². The van der Waals surface area contributed by atoms with Crippen LogP contribution >= 0.6 is 23.2 Å². The summed E-state index contributed by atoms with van der Waals surface area (Å²) >= 11 is 11.7. The number of amides is 1. The molecule has 6 nitrogen and oxygen atoms in total. The number of hydrogen-bond donors (Lipinski definition) is 3. The zero-order valence-electron chi connectivity index (χ0n) is 16.5. The number of anilines is 1. The molecule has 0 saturated carbocycles. The molecule has 0 aliphatic carbocycles. The molecule has 2 rings (SSSR count). The Bertz CT molecular complexity index is 985. The molecule has 0 aromatic heterocycles. The van der Waals surface area contributed by atoms with E-state index in [1.54, 1.807) is 12.1 Å². The summed E-state index contributed by atoms with van der Waals surface area (Å²) in [7, 11) is -4.12. The summed E-state index contributed by atoms with van der Waals surface area (Å²) in [5, 5.41) is 12.9. The van der Waals surface area contributed by atoms with E-state index in [-0.39, 0.29) is 20.4 Å². The summed E-state index contributed by atoms with van der Waals surface area (Å²) in [6.07, 6.45) is -1.28. The Morgan fingerprint density at radius 1 is 1.03 bits per heavy atom. The van der Waals surface area contributed by atoms with Gasteiger partial charge in [0.2, 0.25) is 15.9 Å². The zero-order valence-corrected chi connectivity index (χ0v) is 18.9. The first kappa shape index (κ1) is 23.6. The van der Waals surface area contributed by atoms with Gasteiger partial charge in [-0.25, -0.2) is 8.42 Å². The van der Waals surface area contributed by atoms with Gasteiger partial charge in [-0.05, 0) is 48.2 Å². The van der Waals surface area contributed by atoms with Crippen LogP contribution in [0.2, 0.25) is 10.0 Å². The molecule has 29 heavy (non-hydrogen) atoms. The lowest BCUT2D eigenvalue weighted by Crippen LogP contribution is -2.50. The van der Waals surface area contributed by atoms with E-state index >= 15 is 0 Å². The number of aliphatic hydroxyl groups excluding tert-OH is 1. The zero-order chi connectivity index (χ0) is 22.0. The fourth-order valence-electron chi connectivity index (χ4n) is 2.52. The molecule has 9 heteroatoms. The highest BCUT2D eigenvalue weighted by Gasteiger charge is 2.30. The molecule has 0 heterocycles. The van der Waals surface area contributed by atoms with Crippen molar-refractivity contribution in [2.45, 2.75) is 50.2 Å². The first-order valence-corrected chi connectivity index (χ1v) is 11.1. The normalized spacial score (nSPS) is 14.3. The molecule has 2 aromatic rings. The van der Waals surface area contributed by atoms with Crippen LogP contribution in [0.5, 0.6) is 0 Å². The van der Waals surface area contributed by atoms with Gasteiger partial charge >= 0.3 is 0 Å². The summed E-state index contributed by atoms with van der Waals surface area (Å²) in [6.45, 7) is 7.54. The maximum Gasteiger partial charge on any atom is 0.245 e. The lowest BCUT2D eigenvalue weighted by molar-refractivity contribution is -0.119. The van der Waals surface area contributed by atoms with Crippen molar-refractivity contribution in [3.8, 4) is 0 Å². The van der Waals surface area contributed by atoms with E-state index in [0.717, 1.165) is 5.56 Å². The monoisotopic (exact) mass is 458 g/mol. The molecule has 0 aliphatic rings. The first-order chi connectivity index (χ1) is 13.3. The predicted octanol–water partition coefficient (Wildman–Crippen LogP) is 3.96. The van der Waals surface area contributed by atoms with Crippen molar-refractivity contribution in [1.29, 1.82) is 0 Å². The maximum atomic E-state index is 12.6. The number of nitrogens with one attached hydrogen (secondary N) is 2. The highest BCUT2D eigenvalue weighted by Crippen LogP contribution is 2.25. The average Bonchev–Trinajstić information content (AvgIpc) is 2.61. The van der Waals surface area contributed by atoms with Crippen LogP contribution in [0.3, 0.4) is 0 Å². The number of benzene rings is 2. The van der Waals surface area contributed by atoms with E-state index in [9.17, 15) is 18.3 Å². The van der Waals surface area contributed by atoms with Crippen molar-refractivity contribution in [1.82, 2.24) is 4.72 Å². The van der Waals surface area contributed by atoms with Crippen LogP contribution in [-0.4, -0.2) is 31.6 Å². The van der Waals surface area contributed by atoms with Gasteiger partial charge in [-0.2, -0.15) is 4.72 Å². The SMILES string of the molecule is C[C@H](O)[C@@H](NS(=O)(=O)c1ccc(Cl)c(Cl)c1)C(=O)Nc1ccc(C(C)(C)C)cc1. The van der Waals surface area contributed by atoms with Gasteiger partial charge in [0.05, 0.1) is 21.0 Å². The molecule has 3 N–H and O–H groups in total.